The summed E-state index contributed by atoms with van der Waals surface area (Å²) in [6.45, 7) is 11.6. The van der Waals surface area contributed by atoms with Crippen molar-refractivity contribution in [3.63, 3.8) is 0 Å². The van der Waals surface area contributed by atoms with Crippen LogP contribution in [0.5, 0.6) is 0 Å². The number of unbranched alkanes of at least 4 members (excludes halogenated alkanes) is 6. The van der Waals surface area contributed by atoms with Crippen molar-refractivity contribution in [3.8, 4) is 0 Å². The monoisotopic (exact) mass is 257 g/mol. The fraction of sp³-hybridized carbons (Fsp3) is 1.00. The molecule has 0 atom stereocenters. The first-order valence-corrected chi connectivity index (χ1v) is 7.88. The summed E-state index contributed by atoms with van der Waals surface area (Å²) in [7, 11) is 0. The van der Waals surface area contributed by atoms with Gasteiger partial charge < -0.3 is 5.11 Å². The average molecular weight is 257 g/mol. The Kier molecular flexibility index (Phi) is 10.8. The highest BCUT2D eigenvalue weighted by Crippen LogP contribution is 2.15. The summed E-state index contributed by atoms with van der Waals surface area (Å²) >= 11 is 0. The lowest BCUT2D eigenvalue weighted by Crippen LogP contribution is -2.42. The minimum atomic E-state index is 0.234. The first kappa shape index (κ1) is 17.9. The van der Waals surface area contributed by atoms with E-state index in [1.165, 1.54) is 51.5 Å². The molecule has 0 radical (unpaired) electrons. The highest BCUT2D eigenvalue weighted by atomic mass is 16.3. The van der Waals surface area contributed by atoms with E-state index in [-0.39, 0.29) is 5.54 Å². The normalized spacial score (nSPS) is 12.3. The summed E-state index contributed by atoms with van der Waals surface area (Å²) in [6, 6.07) is 0. The lowest BCUT2D eigenvalue weighted by atomic mass is 10.0. The largest absolute Gasteiger partial charge is 0.396 e. The van der Waals surface area contributed by atoms with Gasteiger partial charge in [-0.05, 0) is 40.2 Å². The third-order valence-electron chi connectivity index (χ3n) is 3.57. The van der Waals surface area contributed by atoms with Crippen molar-refractivity contribution in [2.75, 3.05) is 19.7 Å². The van der Waals surface area contributed by atoms with Gasteiger partial charge in [0.15, 0.2) is 0 Å². The molecule has 0 saturated heterocycles. The summed E-state index contributed by atoms with van der Waals surface area (Å²) in [5, 5.41) is 8.95. The maximum atomic E-state index is 8.95. The average Bonchev–Trinajstić information content (AvgIpc) is 2.30. The van der Waals surface area contributed by atoms with Crippen molar-refractivity contribution in [2.45, 2.75) is 84.6 Å². The minimum absolute atomic E-state index is 0.234. The van der Waals surface area contributed by atoms with E-state index >= 15 is 0 Å². The van der Waals surface area contributed by atoms with Gasteiger partial charge in [0.1, 0.15) is 0 Å². The van der Waals surface area contributed by atoms with Crippen LogP contribution in [0.2, 0.25) is 0 Å². The molecule has 0 heterocycles. The molecular weight excluding hydrogens is 222 g/mol. The second kappa shape index (κ2) is 10.8. The summed E-state index contributed by atoms with van der Waals surface area (Å²) in [5.41, 5.74) is 0.234. The van der Waals surface area contributed by atoms with Crippen molar-refractivity contribution in [1.29, 1.82) is 0 Å². The Labute approximate surface area is 115 Å². The lowest BCUT2D eigenvalue weighted by Gasteiger charge is -2.35. The van der Waals surface area contributed by atoms with Crippen LogP contribution >= 0.6 is 0 Å². The molecule has 0 aromatic rings. The predicted molar refractivity (Wildman–Crippen MR) is 81.0 cm³/mol. The molecule has 0 spiro atoms. The van der Waals surface area contributed by atoms with E-state index in [0.29, 0.717) is 6.61 Å². The van der Waals surface area contributed by atoms with Crippen LogP contribution in [0.15, 0.2) is 0 Å². The number of hydrogen-bond acceptors (Lipinski definition) is 2. The van der Waals surface area contributed by atoms with Crippen molar-refractivity contribution in [2.24, 2.45) is 0 Å². The molecular formula is C16H35NO. The summed E-state index contributed by atoms with van der Waals surface area (Å²) in [6.07, 6.45) is 10.5. The van der Waals surface area contributed by atoms with Gasteiger partial charge in [0.2, 0.25) is 0 Å². The van der Waals surface area contributed by atoms with Crippen molar-refractivity contribution < 1.29 is 5.11 Å². The maximum Gasteiger partial charge on any atom is 0.0443 e. The molecule has 1 N–H and O–H groups in total. The highest BCUT2D eigenvalue weighted by Gasteiger charge is 2.19. The van der Waals surface area contributed by atoms with Gasteiger partial charge in [0, 0.05) is 18.7 Å². The zero-order chi connectivity index (χ0) is 13.9. The van der Waals surface area contributed by atoms with E-state index in [1.807, 2.05) is 0 Å². The van der Waals surface area contributed by atoms with E-state index < -0.39 is 0 Å². The van der Waals surface area contributed by atoms with Crippen LogP contribution < -0.4 is 0 Å². The van der Waals surface area contributed by atoms with Crippen molar-refractivity contribution in [1.82, 2.24) is 4.90 Å². The molecule has 0 amide bonds. The standard InChI is InChI=1S/C16H35NO/c1-5-6-7-8-9-10-11-13-17(14-12-15-18)16(2,3)4/h18H,5-15H2,1-4H3. The zero-order valence-corrected chi connectivity index (χ0v) is 13.2. The van der Waals surface area contributed by atoms with Gasteiger partial charge in [0.25, 0.3) is 0 Å². The van der Waals surface area contributed by atoms with Crippen LogP contribution in [0, 0.1) is 0 Å². The van der Waals surface area contributed by atoms with Crippen LogP contribution in [0.3, 0.4) is 0 Å². The first-order chi connectivity index (χ1) is 8.52. The maximum absolute atomic E-state index is 8.95. The Morgan fingerprint density at radius 2 is 1.28 bits per heavy atom. The van der Waals surface area contributed by atoms with E-state index in [4.69, 9.17) is 5.11 Å². The summed E-state index contributed by atoms with van der Waals surface area (Å²) in [5.74, 6) is 0. The van der Waals surface area contributed by atoms with Crippen molar-refractivity contribution in [3.05, 3.63) is 0 Å². The van der Waals surface area contributed by atoms with Gasteiger partial charge in [-0.3, -0.25) is 4.90 Å². The molecule has 0 aliphatic rings. The highest BCUT2D eigenvalue weighted by molar-refractivity contribution is 4.75. The molecule has 0 rings (SSSR count). The van der Waals surface area contributed by atoms with Crippen LogP contribution in [0.4, 0.5) is 0 Å². The molecule has 0 aliphatic heterocycles. The molecule has 0 aromatic carbocycles. The van der Waals surface area contributed by atoms with Gasteiger partial charge in [-0.15, -0.1) is 0 Å². The van der Waals surface area contributed by atoms with E-state index in [2.05, 4.69) is 32.6 Å². The molecule has 0 saturated carbocycles. The fourth-order valence-corrected chi connectivity index (χ4v) is 2.30. The predicted octanol–water partition coefficient (Wildman–Crippen LogP) is 4.22. The molecule has 0 aliphatic carbocycles. The van der Waals surface area contributed by atoms with Gasteiger partial charge in [-0.2, -0.15) is 0 Å². The zero-order valence-electron chi connectivity index (χ0n) is 13.2. The van der Waals surface area contributed by atoms with E-state index in [9.17, 15) is 0 Å². The SMILES string of the molecule is CCCCCCCCCN(CCCO)C(C)(C)C. The number of hydrogen-bond donors (Lipinski definition) is 1. The smallest absolute Gasteiger partial charge is 0.0443 e. The number of rotatable bonds is 11. The summed E-state index contributed by atoms with van der Waals surface area (Å²) < 4.78 is 0. The Balaban J connectivity index is 3.63. The quantitative estimate of drug-likeness (QED) is 0.560. The molecule has 2 heteroatoms. The molecule has 2 nitrogen and oxygen atoms in total. The Morgan fingerprint density at radius 1 is 0.778 bits per heavy atom. The Hall–Kier alpha value is -0.0800. The third-order valence-corrected chi connectivity index (χ3v) is 3.57. The lowest BCUT2D eigenvalue weighted by molar-refractivity contribution is 0.121. The molecule has 110 valence electrons. The first-order valence-electron chi connectivity index (χ1n) is 7.88. The van der Waals surface area contributed by atoms with Crippen LogP contribution in [-0.2, 0) is 0 Å². The number of nitrogens with zero attached hydrogens (tertiary/aromatic N) is 1. The van der Waals surface area contributed by atoms with Crippen LogP contribution in [-0.4, -0.2) is 35.2 Å². The van der Waals surface area contributed by atoms with Gasteiger partial charge >= 0.3 is 0 Å². The third kappa shape index (κ3) is 9.90. The van der Waals surface area contributed by atoms with Gasteiger partial charge in [0.05, 0.1) is 0 Å². The topological polar surface area (TPSA) is 23.5 Å². The van der Waals surface area contributed by atoms with Crippen molar-refractivity contribution >= 4 is 0 Å². The van der Waals surface area contributed by atoms with Crippen LogP contribution in [0.25, 0.3) is 0 Å². The Bertz CT molecular complexity index is 174. The molecule has 0 aromatic heterocycles. The molecule has 18 heavy (non-hydrogen) atoms. The number of aliphatic hydroxyl groups excluding tert-OH is 1. The second-order valence-corrected chi connectivity index (χ2v) is 6.36. The van der Waals surface area contributed by atoms with Gasteiger partial charge in [-0.25, -0.2) is 0 Å². The van der Waals surface area contributed by atoms with E-state index in [1.54, 1.807) is 0 Å². The number of aliphatic hydroxyl groups is 1. The molecule has 0 unspecified atom stereocenters. The molecule has 0 fully saturated rings. The van der Waals surface area contributed by atoms with Crippen LogP contribution in [0.1, 0.15) is 79.1 Å². The van der Waals surface area contributed by atoms with Gasteiger partial charge in [-0.1, -0.05) is 45.4 Å². The van der Waals surface area contributed by atoms with E-state index in [0.717, 1.165) is 13.0 Å². The second-order valence-electron chi connectivity index (χ2n) is 6.36. The Morgan fingerprint density at radius 3 is 1.78 bits per heavy atom. The summed E-state index contributed by atoms with van der Waals surface area (Å²) in [4.78, 5) is 2.51. The molecule has 0 bridgehead atoms. The fourth-order valence-electron chi connectivity index (χ4n) is 2.30. The minimum Gasteiger partial charge on any atom is -0.396 e.